The smallest absolute Gasteiger partial charge is 0.350 e. The van der Waals surface area contributed by atoms with Crippen molar-refractivity contribution >= 4 is 51.2 Å². The molecule has 0 unspecified atom stereocenters. The summed E-state index contributed by atoms with van der Waals surface area (Å²) in [5, 5.41) is 0.571. The number of rotatable bonds is 1. The number of aromatic nitrogens is 3. The Labute approximate surface area is 165 Å². The number of alkyl halides is 3. The standard InChI is InChI=1S/C16H12ClF3N4OS2/c1-23-14(25)11-8-2-3-24(6-10(8)27-13(11)22-15(23)26)12-9(17)4-7(5-21-12)16(18,19)20/h4-5H,2-3,6H2,1H3,(H,22,26). The highest BCUT2D eigenvalue weighted by Crippen LogP contribution is 2.37. The fraction of sp³-hybridized carbons (Fsp3) is 0.312. The maximum atomic E-state index is 12.8. The summed E-state index contributed by atoms with van der Waals surface area (Å²) in [7, 11) is 1.62. The Bertz CT molecular complexity index is 1180. The number of H-pyrrole nitrogens is 1. The highest BCUT2D eigenvalue weighted by Gasteiger charge is 2.32. The number of nitrogens with zero attached hydrogens (tertiary/aromatic N) is 3. The molecule has 142 valence electrons. The summed E-state index contributed by atoms with van der Waals surface area (Å²) in [5.74, 6) is 0.300. The topological polar surface area (TPSA) is 53.9 Å². The van der Waals surface area contributed by atoms with Gasteiger partial charge in [-0.05, 0) is 30.3 Å². The maximum Gasteiger partial charge on any atom is 0.417 e. The van der Waals surface area contributed by atoms with E-state index in [1.54, 1.807) is 7.05 Å². The van der Waals surface area contributed by atoms with Crippen LogP contribution in [0.5, 0.6) is 0 Å². The second-order valence-electron chi connectivity index (χ2n) is 6.20. The summed E-state index contributed by atoms with van der Waals surface area (Å²) in [6, 6.07) is 0.886. The molecular formula is C16H12ClF3N4OS2. The van der Waals surface area contributed by atoms with Gasteiger partial charge in [-0.3, -0.25) is 9.36 Å². The van der Waals surface area contributed by atoms with E-state index in [9.17, 15) is 18.0 Å². The molecule has 0 bridgehead atoms. The molecule has 0 saturated heterocycles. The number of thiophene rings is 1. The molecule has 0 spiro atoms. The Morgan fingerprint density at radius 3 is 2.81 bits per heavy atom. The van der Waals surface area contributed by atoms with Gasteiger partial charge < -0.3 is 9.88 Å². The predicted molar refractivity (Wildman–Crippen MR) is 101 cm³/mol. The molecule has 4 heterocycles. The summed E-state index contributed by atoms with van der Waals surface area (Å²) in [4.78, 5) is 23.0. The van der Waals surface area contributed by atoms with Crippen LogP contribution in [0, 0.1) is 4.77 Å². The number of halogens is 4. The van der Waals surface area contributed by atoms with Crippen LogP contribution in [0.25, 0.3) is 10.2 Å². The van der Waals surface area contributed by atoms with Crippen molar-refractivity contribution in [3.63, 3.8) is 0 Å². The Morgan fingerprint density at radius 2 is 2.15 bits per heavy atom. The Kier molecular flexibility index (Phi) is 4.32. The second kappa shape index (κ2) is 6.32. The first-order valence-electron chi connectivity index (χ1n) is 7.88. The molecule has 0 radical (unpaired) electrons. The Balaban J connectivity index is 1.74. The van der Waals surface area contributed by atoms with Crippen LogP contribution >= 0.6 is 35.2 Å². The van der Waals surface area contributed by atoms with E-state index in [4.69, 9.17) is 23.8 Å². The molecular weight excluding hydrogens is 421 g/mol. The lowest BCUT2D eigenvalue weighted by Crippen LogP contribution is -2.31. The predicted octanol–water partition coefficient (Wildman–Crippen LogP) is 4.29. The Hall–Kier alpha value is -1.91. The molecule has 11 heteroatoms. The highest BCUT2D eigenvalue weighted by atomic mass is 35.5. The number of hydrogen-bond donors (Lipinski definition) is 1. The van der Waals surface area contributed by atoms with Crippen molar-refractivity contribution in [2.45, 2.75) is 19.1 Å². The molecule has 3 aromatic rings. The van der Waals surface area contributed by atoms with Crippen LogP contribution in [-0.4, -0.2) is 21.1 Å². The summed E-state index contributed by atoms with van der Waals surface area (Å²) in [6.45, 7) is 0.909. The number of fused-ring (bicyclic) bond motifs is 3. The minimum Gasteiger partial charge on any atom is -0.350 e. The number of nitrogens with one attached hydrogen (secondary N) is 1. The monoisotopic (exact) mass is 432 g/mol. The van der Waals surface area contributed by atoms with E-state index in [-0.39, 0.29) is 10.6 Å². The normalized spacial score (nSPS) is 14.6. The van der Waals surface area contributed by atoms with Crippen LogP contribution in [0.3, 0.4) is 0 Å². The molecule has 1 N–H and O–H groups in total. The van der Waals surface area contributed by atoms with Gasteiger partial charge >= 0.3 is 6.18 Å². The first-order chi connectivity index (χ1) is 12.7. The molecule has 3 aromatic heterocycles. The van der Waals surface area contributed by atoms with E-state index in [0.29, 0.717) is 40.3 Å². The van der Waals surface area contributed by atoms with E-state index < -0.39 is 11.7 Å². The summed E-state index contributed by atoms with van der Waals surface area (Å²) >= 11 is 12.6. The zero-order chi connectivity index (χ0) is 19.5. The molecule has 0 amide bonds. The number of hydrogen-bond acceptors (Lipinski definition) is 5. The van der Waals surface area contributed by atoms with E-state index in [1.807, 2.05) is 4.90 Å². The molecule has 0 aromatic carbocycles. The molecule has 1 aliphatic rings. The molecule has 1 aliphatic heterocycles. The van der Waals surface area contributed by atoms with E-state index in [0.717, 1.165) is 22.7 Å². The first-order valence-corrected chi connectivity index (χ1v) is 9.48. The number of anilines is 1. The van der Waals surface area contributed by atoms with Gasteiger partial charge in [0.25, 0.3) is 5.56 Å². The van der Waals surface area contributed by atoms with Crippen LogP contribution in [0.4, 0.5) is 19.0 Å². The van der Waals surface area contributed by atoms with Crippen LogP contribution in [0.2, 0.25) is 5.02 Å². The SMILES string of the molecule is Cn1c(=S)[nH]c2sc3c(c2c1=O)CCN(c1ncc(C(F)(F)F)cc1Cl)C3. The number of pyridine rings is 1. The van der Waals surface area contributed by atoms with Gasteiger partial charge in [-0.25, -0.2) is 4.98 Å². The van der Waals surface area contributed by atoms with Gasteiger partial charge in [-0.2, -0.15) is 13.2 Å². The Morgan fingerprint density at radius 1 is 1.41 bits per heavy atom. The maximum absolute atomic E-state index is 12.8. The lowest BCUT2D eigenvalue weighted by atomic mass is 10.1. The van der Waals surface area contributed by atoms with Gasteiger partial charge in [0, 0.05) is 24.7 Å². The van der Waals surface area contributed by atoms with Crippen LogP contribution in [0.15, 0.2) is 17.1 Å². The van der Waals surface area contributed by atoms with Gasteiger partial charge in [-0.1, -0.05) is 11.6 Å². The van der Waals surface area contributed by atoms with Crippen molar-refractivity contribution < 1.29 is 13.2 Å². The molecule has 0 atom stereocenters. The molecule has 27 heavy (non-hydrogen) atoms. The second-order valence-corrected chi connectivity index (χ2v) is 8.10. The van der Waals surface area contributed by atoms with E-state index >= 15 is 0 Å². The third-order valence-corrected chi connectivity index (χ3v) is 6.34. The van der Waals surface area contributed by atoms with E-state index in [2.05, 4.69) is 9.97 Å². The van der Waals surface area contributed by atoms with Crippen molar-refractivity contribution in [1.29, 1.82) is 0 Å². The quantitative estimate of drug-likeness (QED) is 0.583. The average Bonchev–Trinajstić information content (AvgIpc) is 2.96. The van der Waals surface area contributed by atoms with Gasteiger partial charge in [0.2, 0.25) is 0 Å². The summed E-state index contributed by atoms with van der Waals surface area (Å²) in [5.41, 5.74) is -0.0848. The zero-order valence-electron chi connectivity index (χ0n) is 13.9. The van der Waals surface area contributed by atoms with Gasteiger partial charge in [0.05, 0.1) is 22.5 Å². The van der Waals surface area contributed by atoms with Crippen molar-refractivity contribution in [2.75, 3.05) is 11.4 Å². The molecule has 0 saturated carbocycles. The van der Waals surface area contributed by atoms with E-state index in [1.165, 1.54) is 15.9 Å². The van der Waals surface area contributed by atoms with Crippen molar-refractivity contribution in [3.8, 4) is 0 Å². The number of aromatic amines is 1. The molecule has 5 nitrogen and oxygen atoms in total. The molecule has 0 aliphatic carbocycles. The lowest BCUT2D eigenvalue weighted by Gasteiger charge is -2.28. The van der Waals surface area contributed by atoms with Crippen LogP contribution < -0.4 is 10.5 Å². The van der Waals surface area contributed by atoms with Gasteiger partial charge in [0.15, 0.2) is 4.77 Å². The lowest BCUT2D eigenvalue weighted by molar-refractivity contribution is -0.137. The average molecular weight is 433 g/mol. The summed E-state index contributed by atoms with van der Waals surface area (Å²) < 4.78 is 40.2. The zero-order valence-corrected chi connectivity index (χ0v) is 16.2. The third kappa shape index (κ3) is 3.05. The third-order valence-electron chi connectivity index (χ3n) is 4.55. The largest absolute Gasteiger partial charge is 0.417 e. The summed E-state index contributed by atoms with van der Waals surface area (Å²) in [6.07, 6.45) is -3.14. The van der Waals surface area contributed by atoms with Crippen molar-refractivity contribution in [3.05, 3.63) is 48.4 Å². The van der Waals surface area contributed by atoms with Crippen molar-refractivity contribution in [1.82, 2.24) is 14.5 Å². The fourth-order valence-corrected chi connectivity index (χ4v) is 4.95. The van der Waals surface area contributed by atoms with Gasteiger partial charge in [-0.15, -0.1) is 11.3 Å². The highest BCUT2D eigenvalue weighted by molar-refractivity contribution is 7.71. The minimum atomic E-state index is -4.49. The molecule has 4 rings (SSSR count). The van der Waals surface area contributed by atoms with Crippen LogP contribution in [0.1, 0.15) is 16.0 Å². The minimum absolute atomic E-state index is 0.0512. The first kappa shape index (κ1) is 18.5. The fourth-order valence-electron chi connectivity index (χ4n) is 3.16. The van der Waals surface area contributed by atoms with Gasteiger partial charge in [0.1, 0.15) is 10.6 Å². The molecule has 0 fully saturated rings. The van der Waals surface area contributed by atoms with Crippen LogP contribution in [-0.2, 0) is 26.2 Å². The van der Waals surface area contributed by atoms with Crippen molar-refractivity contribution in [2.24, 2.45) is 7.05 Å².